The van der Waals surface area contributed by atoms with Crippen molar-refractivity contribution in [2.24, 2.45) is 0 Å². The minimum Gasteiger partial charge on any atom is -0.273 e. The molecule has 11 heavy (non-hydrogen) atoms. The zero-order chi connectivity index (χ0) is 7.61. The molecule has 0 aromatic rings. The third-order valence-electron chi connectivity index (χ3n) is 1.67. The second-order valence-electron chi connectivity index (χ2n) is 2.57. The van der Waals surface area contributed by atoms with Crippen molar-refractivity contribution in [3.63, 3.8) is 0 Å². The van der Waals surface area contributed by atoms with Crippen LogP contribution in [0.3, 0.4) is 0 Å². The van der Waals surface area contributed by atoms with E-state index in [-0.39, 0.29) is 18.4 Å². The first kappa shape index (κ1) is 11.2. The molecule has 0 amide bonds. The highest BCUT2D eigenvalue weighted by Crippen LogP contribution is 2.17. The third-order valence-corrected chi connectivity index (χ3v) is 2.30. The van der Waals surface area contributed by atoms with Gasteiger partial charge in [-0.3, -0.25) is 4.55 Å². The fraction of sp³-hybridized carbons (Fsp3) is 1.00. The zero-order valence-electron chi connectivity index (χ0n) is 5.99. The Bertz CT molecular complexity index is 198. The van der Waals surface area contributed by atoms with Crippen molar-refractivity contribution in [1.29, 1.82) is 0 Å². The molecule has 0 spiro atoms. The van der Waals surface area contributed by atoms with E-state index in [0.717, 1.165) is 25.7 Å². The summed E-state index contributed by atoms with van der Waals surface area (Å²) in [5, 5.41) is 0. The number of rotatable bonds is 2. The first-order chi connectivity index (χ1) is 4.58. The van der Waals surface area contributed by atoms with E-state index in [1.807, 2.05) is 0 Å². The van der Waals surface area contributed by atoms with E-state index in [1.54, 1.807) is 0 Å². The van der Waals surface area contributed by atoms with Gasteiger partial charge in [-0.15, -0.1) is 12.4 Å². The van der Waals surface area contributed by atoms with E-state index in [2.05, 4.69) is 4.72 Å². The Kier molecular flexibility index (Phi) is 4.31. The summed E-state index contributed by atoms with van der Waals surface area (Å²) in [7, 11) is -3.96. The molecule has 1 rings (SSSR count). The lowest BCUT2D eigenvalue weighted by Crippen LogP contribution is -2.31. The maximum Gasteiger partial charge on any atom is 0.333 e. The Labute approximate surface area is 72.7 Å². The number of halogens is 1. The Morgan fingerprint density at radius 2 is 1.73 bits per heavy atom. The smallest absolute Gasteiger partial charge is 0.273 e. The number of nitrogens with one attached hydrogen (secondary N) is 1. The molecule has 1 fully saturated rings. The van der Waals surface area contributed by atoms with Crippen molar-refractivity contribution < 1.29 is 13.0 Å². The van der Waals surface area contributed by atoms with Crippen LogP contribution in [-0.4, -0.2) is 19.0 Å². The highest BCUT2D eigenvalue weighted by atomic mass is 35.5. The third kappa shape index (κ3) is 4.58. The summed E-state index contributed by atoms with van der Waals surface area (Å²) in [6, 6.07) is -0.0324. The highest BCUT2D eigenvalue weighted by Gasteiger charge is 2.18. The summed E-state index contributed by atoms with van der Waals surface area (Å²) in [5.41, 5.74) is 0. The van der Waals surface area contributed by atoms with Crippen molar-refractivity contribution >= 4 is 22.7 Å². The summed E-state index contributed by atoms with van der Waals surface area (Å²) in [4.78, 5) is 0. The summed E-state index contributed by atoms with van der Waals surface area (Å²) in [6.45, 7) is 0. The SMILES string of the molecule is Cl.O=S(=O)(O)NC1CCCC1. The van der Waals surface area contributed by atoms with Crippen LogP contribution in [0.15, 0.2) is 0 Å². The fourth-order valence-corrected chi connectivity index (χ4v) is 1.91. The predicted octanol–water partition coefficient (Wildman–Crippen LogP) is 0.743. The van der Waals surface area contributed by atoms with Gasteiger partial charge in [0, 0.05) is 6.04 Å². The maximum absolute atomic E-state index is 10.2. The minimum atomic E-state index is -3.96. The lowest BCUT2D eigenvalue weighted by Gasteiger charge is -2.06. The predicted molar refractivity (Wildman–Crippen MR) is 44.2 cm³/mol. The van der Waals surface area contributed by atoms with Gasteiger partial charge in [0.25, 0.3) is 0 Å². The van der Waals surface area contributed by atoms with Crippen LogP contribution in [0, 0.1) is 0 Å². The molecule has 0 aliphatic heterocycles. The Morgan fingerprint density at radius 1 is 1.27 bits per heavy atom. The van der Waals surface area contributed by atoms with E-state index in [4.69, 9.17) is 4.55 Å². The average molecular weight is 202 g/mol. The molecule has 0 atom stereocenters. The van der Waals surface area contributed by atoms with Gasteiger partial charge in [0.1, 0.15) is 0 Å². The maximum atomic E-state index is 10.2. The molecular formula is C5H12ClNO3S. The van der Waals surface area contributed by atoms with Crippen molar-refractivity contribution in [2.75, 3.05) is 0 Å². The van der Waals surface area contributed by atoms with Crippen LogP contribution >= 0.6 is 12.4 Å². The second-order valence-corrected chi connectivity index (χ2v) is 3.76. The van der Waals surface area contributed by atoms with E-state index < -0.39 is 10.3 Å². The largest absolute Gasteiger partial charge is 0.333 e. The van der Waals surface area contributed by atoms with Gasteiger partial charge in [0.2, 0.25) is 0 Å². The summed E-state index contributed by atoms with van der Waals surface area (Å²) < 4.78 is 30.9. The number of hydrogen-bond acceptors (Lipinski definition) is 2. The topological polar surface area (TPSA) is 66.4 Å². The van der Waals surface area contributed by atoms with Gasteiger partial charge in [0.05, 0.1) is 0 Å². The van der Waals surface area contributed by atoms with E-state index in [1.165, 1.54) is 0 Å². The molecule has 1 saturated carbocycles. The standard InChI is InChI=1S/C5H11NO3S.ClH/c7-10(8,9)6-5-3-1-2-4-5;/h5-6H,1-4H2,(H,7,8,9);1H. The molecule has 0 radical (unpaired) electrons. The molecule has 0 saturated heterocycles. The molecule has 0 unspecified atom stereocenters. The van der Waals surface area contributed by atoms with E-state index in [9.17, 15) is 8.42 Å². The van der Waals surface area contributed by atoms with Gasteiger partial charge >= 0.3 is 10.3 Å². The van der Waals surface area contributed by atoms with Gasteiger partial charge < -0.3 is 0 Å². The molecule has 68 valence electrons. The van der Waals surface area contributed by atoms with Crippen molar-refractivity contribution in [2.45, 2.75) is 31.7 Å². The van der Waals surface area contributed by atoms with E-state index in [0.29, 0.717) is 0 Å². The summed E-state index contributed by atoms with van der Waals surface area (Å²) >= 11 is 0. The molecule has 0 aromatic carbocycles. The van der Waals surface area contributed by atoms with Crippen LogP contribution < -0.4 is 4.72 Å². The molecule has 0 bridgehead atoms. The molecule has 0 aromatic heterocycles. The molecule has 4 nitrogen and oxygen atoms in total. The molecule has 6 heteroatoms. The van der Waals surface area contributed by atoms with Crippen LogP contribution in [0.5, 0.6) is 0 Å². The van der Waals surface area contributed by atoms with Crippen molar-refractivity contribution in [1.82, 2.24) is 4.72 Å². The second kappa shape index (κ2) is 4.25. The monoisotopic (exact) mass is 201 g/mol. The first-order valence-electron chi connectivity index (χ1n) is 3.33. The molecule has 1 aliphatic rings. The van der Waals surface area contributed by atoms with Crippen LogP contribution in [0.4, 0.5) is 0 Å². The average Bonchev–Trinajstić information content (AvgIpc) is 2.12. The normalized spacial score (nSPS) is 19.7. The molecular weight excluding hydrogens is 190 g/mol. The van der Waals surface area contributed by atoms with Crippen LogP contribution in [0.25, 0.3) is 0 Å². The first-order valence-corrected chi connectivity index (χ1v) is 4.77. The number of hydrogen-bond donors (Lipinski definition) is 2. The summed E-state index contributed by atoms with van der Waals surface area (Å²) in [5.74, 6) is 0. The van der Waals surface area contributed by atoms with Gasteiger partial charge in [-0.25, -0.2) is 0 Å². The molecule has 1 aliphatic carbocycles. The zero-order valence-corrected chi connectivity index (χ0v) is 7.62. The minimum absolute atomic E-state index is 0. The van der Waals surface area contributed by atoms with E-state index >= 15 is 0 Å². The van der Waals surface area contributed by atoms with Gasteiger partial charge in [0.15, 0.2) is 0 Å². The van der Waals surface area contributed by atoms with Crippen molar-refractivity contribution in [3.05, 3.63) is 0 Å². The molecule has 0 heterocycles. The van der Waals surface area contributed by atoms with Gasteiger partial charge in [-0.2, -0.15) is 13.1 Å². The lowest BCUT2D eigenvalue weighted by molar-refractivity contribution is 0.452. The van der Waals surface area contributed by atoms with Crippen LogP contribution in [0.1, 0.15) is 25.7 Å². The molecule has 2 N–H and O–H groups in total. The fourth-order valence-electron chi connectivity index (χ4n) is 1.25. The van der Waals surface area contributed by atoms with Gasteiger partial charge in [-0.1, -0.05) is 12.8 Å². The van der Waals surface area contributed by atoms with Gasteiger partial charge in [-0.05, 0) is 12.8 Å². The van der Waals surface area contributed by atoms with Crippen LogP contribution in [0.2, 0.25) is 0 Å². The van der Waals surface area contributed by atoms with Crippen LogP contribution in [-0.2, 0) is 10.3 Å². The lowest BCUT2D eigenvalue weighted by atomic mass is 10.3. The Hall–Kier alpha value is 0.160. The summed E-state index contributed by atoms with van der Waals surface area (Å²) in [6.07, 6.45) is 3.79. The Morgan fingerprint density at radius 3 is 2.09 bits per heavy atom. The quantitative estimate of drug-likeness (QED) is 0.648. The van der Waals surface area contributed by atoms with Crippen molar-refractivity contribution in [3.8, 4) is 0 Å². The Balaban J connectivity index is 0.000001000. The highest BCUT2D eigenvalue weighted by molar-refractivity contribution is 7.83.